The lowest BCUT2D eigenvalue weighted by Gasteiger charge is -2.10. The van der Waals surface area contributed by atoms with E-state index in [1.807, 2.05) is 6.92 Å². The molecule has 0 atom stereocenters. The number of carbonyl (C=O) groups is 1. The normalized spacial score (nSPS) is 11.1. The van der Waals surface area contributed by atoms with E-state index < -0.39 is 24.3 Å². The van der Waals surface area contributed by atoms with Crippen LogP contribution in [0.3, 0.4) is 0 Å². The first kappa shape index (κ1) is 21.1. The molecule has 0 aliphatic rings. The number of alkyl halides is 3. The Morgan fingerprint density at radius 3 is 2.40 bits per heavy atom. The fourth-order valence-corrected chi connectivity index (χ4v) is 2.53. The molecule has 1 heterocycles. The van der Waals surface area contributed by atoms with Crippen LogP contribution in [0.1, 0.15) is 12.5 Å². The van der Waals surface area contributed by atoms with Gasteiger partial charge >= 0.3 is 6.18 Å². The van der Waals surface area contributed by atoms with E-state index in [9.17, 15) is 18.0 Å². The minimum atomic E-state index is -4.48. The molecule has 0 saturated heterocycles. The molecule has 0 bridgehead atoms. The van der Waals surface area contributed by atoms with Crippen molar-refractivity contribution in [1.29, 1.82) is 0 Å². The Bertz CT molecular complexity index is 991. The van der Waals surface area contributed by atoms with Crippen molar-refractivity contribution < 1.29 is 27.4 Å². The summed E-state index contributed by atoms with van der Waals surface area (Å²) in [6, 6.07) is 14.7. The molecule has 1 aromatic heterocycles. The summed E-state index contributed by atoms with van der Waals surface area (Å²) in [6.45, 7) is 1.93. The average Bonchev–Trinajstić information content (AvgIpc) is 2.73. The zero-order valence-electron chi connectivity index (χ0n) is 15.9. The fraction of sp³-hybridized carbons (Fsp3) is 0.190. The molecule has 0 radical (unpaired) electrons. The van der Waals surface area contributed by atoms with Crippen molar-refractivity contribution in [3.63, 3.8) is 0 Å². The molecular weight excluding hydrogens is 399 g/mol. The summed E-state index contributed by atoms with van der Waals surface area (Å²) in [5.74, 6) is -0.101. The summed E-state index contributed by atoms with van der Waals surface area (Å²) in [6.07, 6.45) is -4.48. The third kappa shape index (κ3) is 5.69. The van der Waals surface area contributed by atoms with Gasteiger partial charge in [0.05, 0.1) is 17.9 Å². The highest BCUT2D eigenvalue weighted by molar-refractivity contribution is 5.92. The number of hydrogen-bond donors (Lipinski definition) is 1. The van der Waals surface area contributed by atoms with Crippen LogP contribution in [0.25, 0.3) is 11.3 Å². The van der Waals surface area contributed by atoms with E-state index in [0.29, 0.717) is 23.9 Å². The lowest BCUT2D eigenvalue weighted by molar-refractivity contribution is -0.137. The SMILES string of the molecule is CCOc1ccc(-c2ccc(NC(=O)COc3cccc(C(F)(F)F)c3)cc2)nn1. The molecule has 1 N–H and O–H groups in total. The number of carbonyl (C=O) groups excluding carboxylic acids is 1. The Labute approximate surface area is 170 Å². The first-order valence-electron chi connectivity index (χ1n) is 9.02. The molecular formula is C21H18F3N3O3. The van der Waals surface area contributed by atoms with Crippen LogP contribution in [0.2, 0.25) is 0 Å². The van der Waals surface area contributed by atoms with Crippen LogP contribution < -0.4 is 14.8 Å². The number of ether oxygens (including phenoxy) is 2. The Morgan fingerprint density at radius 2 is 1.77 bits per heavy atom. The Hall–Kier alpha value is -3.62. The van der Waals surface area contributed by atoms with Crippen LogP contribution in [-0.4, -0.2) is 29.3 Å². The van der Waals surface area contributed by atoms with Gasteiger partial charge in [-0.3, -0.25) is 4.79 Å². The molecule has 0 saturated carbocycles. The van der Waals surface area contributed by atoms with Crippen LogP contribution in [-0.2, 0) is 11.0 Å². The predicted octanol–water partition coefficient (Wildman–Crippen LogP) is 4.58. The summed E-state index contributed by atoms with van der Waals surface area (Å²) < 4.78 is 48.5. The van der Waals surface area contributed by atoms with Crippen molar-refractivity contribution in [2.24, 2.45) is 0 Å². The highest BCUT2D eigenvalue weighted by Gasteiger charge is 2.30. The fourth-order valence-electron chi connectivity index (χ4n) is 2.53. The Balaban J connectivity index is 1.56. The molecule has 3 aromatic rings. The van der Waals surface area contributed by atoms with Gasteiger partial charge in [-0.15, -0.1) is 10.2 Å². The number of hydrogen-bond acceptors (Lipinski definition) is 5. The topological polar surface area (TPSA) is 73.3 Å². The van der Waals surface area contributed by atoms with E-state index >= 15 is 0 Å². The first-order chi connectivity index (χ1) is 14.3. The van der Waals surface area contributed by atoms with Crippen molar-refractivity contribution in [3.05, 3.63) is 66.2 Å². The maximum absolute atomic E-state index is 12.7. The van der Waals surface area contributed by atoms with E-state index in [2.05, 4.69) is 15.5 Å². The molecule has 0 aliphatic carbocycles. The second-order valence-electron chi connectivity index (χ2n) is 6.13. The van der Waals surface area contributed by atoms with Crippen LogP contribution >= 0.6 is 0 Å². The number of nitrogens with zero attached hydrogens (tertiary/aromatic N) is 2. The highest BCUT2D eigenvalue weighted by Crippen LogP contribution is 2.31. The van der Waals surface area contributed by atoms with Crippen LogP contribution in [0.5, 0.6) is 11.6 Å². The van der Waals surface area contributed by atoms with Crippen molar-refractivity contribution in [2.75, 3.05) is 18.5 Å². The molecule has 30 heavy (non-hydrogen) atoms. The third-order valence-corrected chi connectivity index (χ3v) is 3.93. The van der Waals surface area contributed by atoms with E-state index in [1.165, 1.54) is 12.1 Å². The number of amides is 1. The molecule has 0 fully saturated rings. The summed E-state index contributed by atoms with van der Waals surface area (Å²) >= 11 is 0. The van der Waals surface area contributed by atoms with Gasteiger partial charge in [-0.1, -0.05) is 18.2 Å². The number of nitrogens with one attached hydrogen (secondary N) is 1. The van der Waals surface area contributed by atoms with Gasteiger partial charge in [0.1, 0.15) is 5.75 Å². The lowest BCUT2D eigenvalue weighted by atomic mass is 10.1. The van der Waals surface area contributed by atoms with E-state index in [0.717, 1.165) is 17.7 Å². The molecule has 0 spiro atoms. The van der Waals surface area contributed by atoms with Gasteiger partial charge < -0.3 is 14.8 Å². The largest absolute Gasteiger partial charge is 0.484 e. The van der Waals surface area contributed by atoms with Gasteiger partial charge in [-0.25, -0.2) is 0 Å². The second kappa shape index (κ2) is 9.25. The second-order valence-corrected chi connectivity index (χ2v) is 6.13. The molecule has 0 aliphatic heterocycles. The van der Waals surface area contributed by atoms with Crippen LogP contribution in [0.15, 0.2) is 60.7 Å². The zero-order valence-corrected chi connectivity index (χ0v) is 15.9. The summed E-state index contributed by atoms with van der Waals surface area (Å²) in [5, 5.41) is 10.7. The van der Waals surface area contributed by atoms with Gasteiger partial charge in [0.25, 0.3) is 5.91 Å². The van der Waals surface area contributed by atoms with Gasteiger partial charge in [0, 0.05) is 17.3 Å². The molecule has 3 rings (SSSR count). The summed E-state index contributed by atoms with van der Waals surface area (Å²) in [5.41, 5.74) is 1.11. The van der Waals surface area contributed by atoms with Gasteiger partial charge in [-0.2, -0.15) is 13.2 Å². The number of anilines is 1. The van der Waals surface area contributed by atoms with Crippen LogP contribution in [0.4, 0.5) is 18.9 Å². The highest BCUT2D eigenvalue weighted by atomic mass is 19.4. The summed E-state index contributed by atoms with van der Waals surface area (Å²) in [7, 11) is 0. The Morgan fingerprint density at radius 1 is 1.00 bits per heavy atom. The quantitative estimate of drug-likeness (QED) is 0.609. The number of benzene rings is 2. The maximum Gasteiger partial charge on any atom is 0.416 e. The van der Waals surface area contributed by atoms with Gasteiger partial charge in [0.2, 0.25) is 5.88 Å². The third-order valence-electron chi connectivity index (χ3n) is 3.93. The zero-order chi connectivity index (χ0) is 21.6. The molecule has 156 valence electrons. The van der Waals surface area contributed by atoms with Crippen molar-refractivity contribution in [1.82, 2.24) is 10.2 Å². The average molecular weight is 417 g/mol. The van der Waals surface area contributed by atoms with Crippen LogP contribution in [0, 0.1) is 0 Å². The maximum atomic E-state index is 12.7. The lowest BCUT2D eigenvalue weighted by Crippen LogP contribution is -2.20. The number of aromatic nitrogens is 2. The van der Waals surface area contributed by atoms with Crippen molar-refractivity contribution >= 4 is 11.6 Å². The van der Waals surface area contributed by atoms with Crippen molar-refractivity contribution in [2.45, 2.75) is 13.1 Å². The predicted molar refractivity (Wildman–Crippen MR) is 104 cm³/mol. The van der Waals surface area contributed by atoms with E-state index in [1.54, 1.807) is 36.4 Å². The molecule has 0 unspecified atom stereocenters. The van der Waals surface area contributed by atoms with E-state index in [4.69, 9.17) is 9.47 Å². The Kier molecular flexibility index (Phi) is 6.51. The minimum absolute atomic E-state index is 0.0376. The standard InChI is InChI=1S/C21H18F3N3O3/c1-2-29-20-11-10-18(26-27-20)14-6-8-16(9-7-14)25-19(28)13-30-17-5-3-4-15(12-17)21(22,23)24/h3-12H,2,13H2,1H3,(H,25,28). The number of rotatable bonds is 7. The summed E-state index contributed by atoms with van der Waals surface area (Å²) in [4.78, 5) is 12.0. The molecule has 2 aromatic carbocycles. The van der Waals surface area contributed by atoms with Crippen molar-refractivity contribution in [3.8, 4) is 22.9 Å². The molecule has 9 heteroatoms. The number of halogens is 3. The van der Waals surface area contributed by atoms with Gasteiger partial charge in [-0.05, 0) is 43.3 Å². The molecule has 6 nitrogen and oxygen atoms in total. The molecule has 1 amide bonds. The van der Waals surface area contributed by atoms with E-state index in [-0.39, 0.29) is 5.75 Å². The monoisotopic (exact) mass is 417 g/mol. The smallest absolute Gasteiger partial charge is 0.416 e. The first-order valence-corrected chi connectivity index (χ1v) is 9.02. The minimum Gasteiger partial charge on any atom is -0.484 e. The van der Waals surface area contributed by atoms with Gasteiger partial charge in [0.15, 0.2) is 6.61 Å².